The fourth-order valence-corrected chi connectivity index (χ4v) is 4.26. The third-order valence-electron chi connectivity index (χ3n) is 4.29. The molecule has 8 heteroatoms. The van der Waals surface area contributed by atoms with Gasteiger partial charge in [0.1, 0.15) is 12.4 Å². The van der Waals surface area contributed by atoms with Gasteiger partial charge in [0.2, 0.25) is 0 Å². The van der Waals surface area contributed by atoms with E-state index in [4.69, 9.17) is 4.74 Å². The number of aromatic amines is 1. The fraction of sp³-hybridized carbons (Fsp3) is 0.143. The largest absolute Gasteiger partial charge is 0.454 e. The van der Waals surface area contributed by atoms with Crippen LogP contribution in [0.4, 0.5) is 0 Å². The Morgan fingerprint density at radius 1 is 1.21 bits per heavy atom. The molecule has 0 saturated heterocycles. The zero-order valence-electron chi connectivity index (χ0n) is 15.5. The van der Waals surface area contributed by atoms with Gasteiger partial charge in [-0.3, -0.25) is 4.79 Å². The minimum atomic E-state index is -0.464. The molecule has 0 amide bonds. The molecule has 6 nitrogen and oxygen atoms in total. The number of benzene rings is 2. The maximum atomic E-state index is 12.3. The van der Waals surface area contributed by atoms with E-state index in [-0.39, 0.29) is 12.2 Å². The van der Waals surface area contributed by atoms with Gasteiger partial charge in [-0.25, -0.2) is 14.8 Å². The summed E-state index contributed by atoms with van der Waals surface area (Å²) >= 11 is 3.23. The molecular formula is C21H17N3O3S2. The first kappa shape index (κ1) is 19.4. The van der Waals surface area contributed by atoms with Crippen LogP contribution in [0.3, 0.4) is 0 Å². The number of para-hydroxylation sites is 1. The van der Waals surface area contributed by atoms with Crippen LogP contribution in [0.5, 0.6) is 0 Å². The molecule has 0 aliphatic carbocycles. The molecular weight excluding hydrogens is 406 g/mol. The van der Waals surface area contributed by atoms with Gasteiger partial charge >= 0.3 is 5.97 Å². The topological polar surface area (TPSA) is 84.9 Å². The van der Waals surface area contributed by atoms with E-state index in [0.29, 0.717) is 22.3 Å². The van der Waals surface area contributed by atoms with Gasteiger partial charge in [-0.1, -0.05) is 12.1 Å². The Labute approximate surface area is 175 Å². The first-order chi connectivity index (χ1) is 14.1. The molecule has 0 spiro atoms. The van der Waals surface area contributed by atoms with Crippen LogP contribution in [0.25, 0.3) is 10.9 Å². The van der Waals surface area contributed by atoms with Gasteiger partial charge in [0.05, 0.1) is 27.7 Å². The number of nitrogens with zero attached hydrogens (tertiary/aromatic N) is 2. The number of carbonyl (C=O) groups is 1. The molecule has 2 heterocycles. The Morgan fingerprint density at radius 3 is 2.79 bits per heavy atom. The third kappa shape index (κ3) is 4.55. The minimum Gasteiger partial charge on any atom is -0.454 e. The zero-order chi connectivity index (χ0) is 20.2. The van der Waals surface area contributed by atoms with Crippen LogP contribution in [-0.4, -0.2) is 20.9 Å². The number of esters is 1. The van der Waals surface area contributed by atoms with Crippen molar-refractivity contribution >= 4 is 40.0 Å². The average molecular weight is 424 g/mol. The Balaban J connectivity index is 1.40. The van der Waals surface area contributed by atoms with Crippen LogP contribution in [0.1, 0.15) is 27.4 Å². The SMILES string of the molecule is Cc1cccc2c(=O)[nH]c(COC(=O)c3ccc(SCc4cscn4)cc3)nc12. The number of H-pyrrole nitrogens is 1. The quantitative estimate of drug-likeness (QED) is 0.367. The second-order valence-electron chi connectivity index (χ2n) is 6.35. The Hall–Kier alpha value is -2.97. The number of aryl methyl sites for hydroxylation is 1. The van der Waals surface area contributed by atoms with Crippen LogP contribution < -0.4 is 5.56 Å². The monoisotopic (exact) mass is 423 g/mol. The maximum absolute atomic E-state index is 12.3. The fourth-order valence-electron chi connectivity index (χ4n) is 2.79. The summed E-state index contributed by atoms with van der Waals surface area (Å²) in [6.07, 6.45) is 0. The van der Waals surface area contributed by atoms with Crippen molar-refractivity contribution in [2.45, 2.75) is 24.2 Å². The molecule has 0 atom stereocenters. The number of carbonyl (C=O) groups excluding carboxylic acids is 1. The number of hydrogen-bond acceptors (Lipinski definition) is 7. The highest BCUT2D eigenvalue weighted by atomic mass is 32.2. The van der Waals surface area contributed by atoms with Crippen molar-refractivity contribution in [1.82, 2.24) is 15.0 Å². The smallest absolute Gasteiger partial charge is 0.338 e. The highest BCUT2D eigenvalue weighted by Crippen LogP contribution is 2.23. The number of aromatic nitrogens is 3. The summed E-state index contributed by atoms with van der Waals surface area (Å²) in [7, 11) is 0. The van der Waals surface area contributed by atoms with Crippen molar-refractivity contribution in [2.24, 2.45) is 0 Å². The predicted molar refractivity (Wildman–Crippen MR) is 114 cm³/mol. The van der Waals surface area contributed by atoms with E-state index in [1.54, 1.807) is 41.3 Å². The summed E-state index contributed by atoms with van der Waals surface area (Å²) in [5.74, 6) is 0.641. The lowest BCUT2D eigenvalue weighted by Gasteiger charge is -2.07. The maximum Gasteiger partial charge on any atom is 0.338 e. The Bertz CT molecular complexity index is 1200. The number of thiazole rings is 1. The van der Waals surface area contributed by atoms with Gasteiger partial charge in [0, 0.05) is 16.0 Å². The number of nitrogens with one attached hydrogen (secondary N) is 1. The van der Waals surface area contributed by atoms with Crippen molar-refractivity contribution in [3.63, 3.8) is 0 Å². The molecule has 0 bridgehead atoms. The van der Waals surface area contributed by atoms with Crippen molar-refractivity contribution in [1.29, 1.82) is 0 Å². The van der Waals surface area contributed by atoms with Crippen LogP contribution in [0.15, 0.2) is 63.0 Å². The highest BCUT2D eigenvalue weighted by Gasteiger charge is 2.11. The van der Waals surface area contributed by atoms with Gasteiger partial charge in [-0.05, 0) is 42.8 Å². The Kier molecular flexibility index (Phi) is 5.73. The number of thioether (sulfide) groups is 1. The first-order valence-electron chi connectivity index (χ1n) is 8.86. The van der Waals surface area contributed by atoms with Gasteiger partial charge in [-0.15, -0.1) is 23.1 Å². The minimum absolute atomic E-state index is 0.0985. The van der Waals surface area contributed by atoms with Gasteiger partial charge in [0.15, 0.2) is 0 Å². The molecule has 2 aromatic heterocycles. The van der Waals surface area contributed by atoms with Crippen molar-refractivity contribution in [3.05, 3.63) is 86.4 Å². The van der Waals surface area contributed by atoms with Crippen molar-refractivity contribution in [3.8, 4) is 0 Å². The van der Waals surface area contributed by atoms with E-state index in [1.165, 1.54) is 0 Å². The molecule has 29 heavy (non-hydrogen) atoms. The molecule has 146 valence electrons. The molecule has 1 N–H and O–H groups in total. The normalized spacial score (nSPS) is 10.9. The van der Waals surface area contributed by atoms with E-state index < -0.39 is 5.97 Å². The number of hydrogen-bond donors (Lipinski definition) is 1. The van der Waals surface area contributed by atoms with E-state index in [0.717, 1.165) is 21.9 Å². The molecule has 0 aliphatic heterocycles. The Morgan fingerprint density at radius 2 is 2.03 bits per heavy atom. The van der Waals surface area contributed by atoms with E-state index in [9.17, 15) is 9.59 Å². The van der Waals surface area contributed by atoms with Crippen LogP contribution in [-0.2, 0) is 17.1 Å². The lowest BCUT2D eigenvalue weighted by Crippen LogP contribution is -2.15. The van der Waals surface area contributed by atoms with E-state index in [2.05, 4.69) is 15.0 Å². The summed E-state index contributed by atoms with van der Waals surface area (Å²) < 4.78 is 5.33. The molecule has 2 aromatic carbocycles. The summed E-state index contributed by atoms with van der Waals surface area (Å²) in [5, 5.41) is 2.54. The molecule has 0 radical (unpaired) electrons. The summed E-state index contributed by atoms with van der Waals surface area (Å²) in [6.45, 7) is 1.79. The zero-order valence-corrected chi connectivity index (χ0v) is 17.2. The summed E-state index contributed by atoms with van der Waals surface area (Å²) in [4.78, 5) is 36.9. The lowest BCUT2D eigenvalue weighted by molar-refractivity contribution is 0.0462. The van der Waals surface area contributed by atoms with Crippen LogP contribution >= 0.6 is 23.1 Å². The lowest BCUT2D eigenvalue weighted by atomic mass is 10.1. The molecule has 4 aromatic rings. The summed E-state index contributed by atoms with van der Waals surface area (Å²) in [5.41, 5.74) is 4.56. The second-order valence-corrected chi connectivity index (χ2v) is 8.12. The second kappa shape index (κ2) is 8.59. The van der Waals surface area contributed by atoms with E-state index >= 15 is 0 Å². The molecule has 0 unspecified atom stereocenters. The number of rotatable bonds is 6. The molecule has 4 rings (SSSR count). The highest BCUT2D eigenvalue weighted by molar-refractivity contribution is 7.98. The van der Waals surface area contributed by atoms with Crippen LogP contribution in [0.2, 0.25) is 0 Å². The molecule has 0 saturated carbocycles. The van der Waals surface area contributed by atoms with Gasteiger partial charge in [-0.2, -0.15) is 0 Å². The summed E-state index contributed by atoms with van der Waals surface area (Å²) in [6, 6.07) is 12.6. The standard InChI is InChI=1S/C21H17N3O3S2/c1-13-3-2-4-17-19(13)23-18(24-20(17)25)9-27-21(26)14-5-7-16(8-6-14)29-11-15-10-28-12-22-15/h2-8,10,12H,9,11H2,1H3,(H,23,24,25). The van der Waals surface area contributed by atoms with Gasteiger partial charge < -0.3 is 9.72 Å². The number of ether oxygens (including phenoxy) is 1. The van der Waals surface area contributed by atoms with Gasteiger partial charge in [0.25, 0.3) is 5.56 Å². The average Bonchev–Trinajstić information content (AvgIpc) is 3.25. The molecule has 0 fully saturated rings. The van der Waals surface area contributed by atoms with E-state index in [1.807, 2.05) is 42.1 Å². The molecule has 0 aliphatic rings. The number of fused-ring (bicyclic) bond motifs is 1. The third-order valence-corrected chi connectivity index (χ3v) is 5.97. The van der Waals surface area contributed by atoms with Crippen molar-refractivity contribution in [2.75, 3.05) is 0 Å². The first-order valence-corrected chi connectivity index (χ1v) is 10.8. The predicted octanol–water partition coefficient (Wildman–Crippen LogP) is 4.34. The van der Waals surface area contributed by atoms with Crippen molar-refractivity contribution < 1.29 is 9.53 Å². The van der Waals surface area contributed by atoms with Crippen LogP contribution in [0, 0.1) is 6.92 Å².